The van der Waals surface area contributed by atoms with E-state index in [1.807, 2.05) is 0 Å². The Hall–Kier alpha value is -0.570. The maximum atomic E-state index is 5.88. The zero-order valence-electron chi connectivity index (χ0n) is 10.4. The Morgan fingerprint density at radius 2 is 1.60 bits per heavy atom. The van der Waals surface area contributed by atoms with E-state index in [2.05, 4.69) is 56.3 Å². The molecule has 0 aliphatic heterocycles. The topological polar surface area (TPSA) is 30.7 Å². The molecule has 1 aromatic rings. The summed E-state index contributed by atoms with van der Waals surface area (Å²) in [5.41, 5.74) is -0.0407. The second-order valence-corrected chi connectivity index (χ2v) is 6.10. The fourth-order valence-electron chi connectivity index (χ4n) is 1.59. The minimum atomic E-state index is -0.0314. The van der Waals surface area contributed by atoms with Gasteiger partial charge in [-0.1, -0.05) is 20.8 Å². The van der Waals surface area contributed by atoms with Crippen LogP contribution < -0.4 is 0 Å². The molecule has 3 nitrogen and oxygen atoms in total. The first-order chi connectivity index (χ1) is 6.68. The van der Waals surface area contributed by atoms with Crippen LogP contribution in [-0.2, 0) is 16.8 Å². The van der Waals surface area contributed by atoms with Gasteiger partial charge in [0.25, 0.3) is 0 Å². The fourth-order valence-corrected chi connectivity index (χ4v) is 1.77. The van der Waals surface area contributed by atoms with Gasteiger partial charge in [0.1, 0.15) is 11.6 Å². The third kappa shape index (κ3) is 2.51. The van der Waals surface area contributed by atoms with Gasteiger partial charge in [0.05, 0.1) is 5.88 Å². The van der Waals surface area contributed by atoms with Crippen molar-refractivity contribution in [2.75, 3.05) is 0 Å². The first-order valence-electron chi connectivity index (χ1n) is 5.19. The minimum Gasteiger partial charge on any atom is -0.308 e. The van der Waals surface area contributed by atoms with Crippen molar-refractivity contribution < 1.29 is 0 Å². The van der Waals surface area contributed by atoms with Crippen molar-refractivity contribution in [3.63, 3.8) is 0 Å². The van der Waals surface area contributed by atoms with Crippen LogP contribution >= 0.6 is 11.6 Å². The summed E-state index contributed by atoms with van der Waals surface area (Å²) in [6.45, 7) is 12.8. The number of halogens is 1. The molecule has 1 heterocycles. The maximum absolute atomic E-state index is 5.88. The highest BCUT2D eigenvalue weighted by molar-refractivity contribution is 6.16. The van der Waals surface area contributed by atoms with Gasteiger partial charge in [-0.3, -0.25) is 0 Å². The van der Waals surface area contributed by atoms with Crippen molar-refractivity contribution in [2.45, 2.75) is 58.4 Å². The van der Waals surface area contributed by atoms with E-state index in [1.54, 1.807) is 0 Å². The second kappa shape index (κ2) is 3.78. The average molecular weight is 230 g/mol. The zero-order valence-corrected chi connectivity index (χ0v) is 11.2. The summed E-state index contributed by atoms with van der Waals surface area (Å²) >= 11 is 5.88. The number of aromatic nitrogens is 3. The molecule has 0 spiro atoms. The van der Waals surface area contributed by atoms with Gasteiger partial charge in [0.15, 0.2) is 0 Å². The monoisotopic (exact) mass is 229 g/mol. The molecule has 0 aliphatic rings. The highest BCUT2D eigenvalue weighted by Gasteiger charge is 2.29. The Balaban J connectivity index is 3.37. The van der Waals surface area contributed by atoms with Crippen LogP contribution in [0.25, 0.3) is 0 Å². The number of alkyl halides is 1. The van der Waals surface area contributed by atoms with Gasteiger partial charge < -0.3 is 4.57 Å². The number of hydrogen-bond acceptors (Lipinski definition) is 2. The van der Waals surface area contributed by atoms with E-state index in [1.165, 1.54) is 0 Å². The molecule has 1 aromatic heterocycles. The third-order valence-corrected chi connectivity index (χ3v) is 2.43. The standard InChI is InChI=1S/C11H20ClN3/c1-10(2,3)9-14-13-8(7-12)15(9)11(4,5)6/h7H2,1-6H3. The molecule has 0 radical (unpaired) electrons. The summed E-state index contributed by atoms with van der Waals surface area (Å²) < 4.78 is 2.14. The van der Waals surface area contributed by atoms with Crippen LogP contribution in [0.5, 0.6) is 0 Å². The van der Waals surface area contributed by atoms with Crippen LogP contribution in [0, 0.1) is 0 Å². The summed E-state index contributed by atoms with van der Waals surface area (Å²) in [4.78, 5) is 0. The Morgan fingerprint density at radius 3 is 1.93 bits per heavy atom. The maximum Gasteiger partial charge on any atom is 0.148 e. The summed E-state index contributed by atoms with van der Waals surface area (Å²) in [5, 5.41) is 8.40. The molecule has 4 heteroatoms. The van der Waals surface area contributed by atoms with Crippen molar-refractivity contribution in [1.29, 1.82) is 0 Å². The molecule has 0 amide bonds. The van der Waals surface area contributed by atoms with Crippen LogP contribution in [0.1, 0.15) is 53.2 Å². The SMILES string of the molecule is CC(C)(C)c1nnc(CCl)n1C(C)(C)C. The first kappa shape index (κ1) is 12.5. The van der Waals surface area contributed by atoms with Gasteiger partial charge in [-0.05, 0) is 20.8 Å². The van der Waals surface area contributed by atoms with Crippen molar-refractivity contribution in [2.24, 2.45) is 0 Å². The van der Waals surface area contributed by atoms with Crippen molar-refractivity contribution in [3.05, 3.63) is 11.6 Å². The molecule has 0 aliphatic carbocycles. The van der Waals surface area contributed by atoms with Crippen LogP contribution in [0.3, 0.4) is 0 Å². The normalized spacial score (nSPS) is 13.3. The summed E-state index contributed by atoms with van der Waals surface area (Å²) in [6, 6.07) is 0. The second-order valence-electron chi connectivity index (χ2n) is 5.83. The molecule has 0 saturated heterocycles. The summed E-state index contributed by atoms with van der Waals surface area (Å²) in [7, 11) is 0. The van der Waals surface area contributed by atoms with Crippen LogP contribution in [0.15, 0.2) is 0 Å². The van der Waals surface area contributed by atoms with Crippen LogP contribution in [0.4, 0.5) is 0 Å². The first-order valence-corrected chi connectivity index (χ1v) is 5.72. The Labute approximate surface area is 96.8 Å². The minimum absolute atomic E-state index is 0.00934. The molecule has 1 rings (SSSR count). The van der Waals surface area contributed by atoms with Crippen molar-refractivity contribution >= 4 is 11.6 Å². The van der Waals surface area contributed by atoms with Crippen LogP contribution in [-0.4, -0.2) is 14.8 Å². The van der Waals surface area contributed by atoms with Gasteiger partial charge in [-0.2, -0.15) is 0 Å². The number of hydrogen-bond donors (Lipinski definition) is 0. The number of rotatable bonds is 1. The molecule has 86 valence electrons. The lowest BCUT2D eigenvalue weighted by Gasteiger charge is -2.29. The predicted octanol–water partition coefficient (Wildman–Crippen LogP) is 3.07. The summed E-state index contributed by atoms with van der Waals surface area (Å²) in [6.07, 6.45) is 0. The lowest BCUT2D eigenvalue weighted by molar-refractivity contribution is 0.346. The van der Waals surface area contributed by atoms with E-state index in [4.69, 9.17) is 11.6 Å². The van der Waals surface area contributed by atoms with Crippen LogP contribution in [0.2, 0.25) is 0 Å². The Morgan fingerprint density at radius 1 is 1.07 bits per heavy atom. The van der Waals surface area contributed by atoms with E-state index in [0.717, 1.165) is 11.6 Å². The molecule has 0 N–H and O–H groups in total. The molecule has 0 unspecified atom stereocenters. The van der Waals surface area contributed by atoms with E-state index in [9.17, 15) is 0 Å². The number of nitrogens with zero attached hydrogens (tertiary/aromatic N) is 3. The highest BCUT2D eigenvalue weighted by Crippen LogP contribution is 2.27. The lowest BCUT2D eigenvalue weighted by atomic mass is 9.94. The van der Waals surface area contributed by atoms with Gasteiger partial charge in [0, 0.05) is 11.0 Å². The molecule has 0 bridgehead atoms. The molecule has 0 fully saturated rings. The fraction of sp³-hybridized carbons (Fsp3) is 0.818. The van der Waals surface area contributed by atoms with E-state index in [-0.39, 0.29) is 11.0 Å². The van der Waals surface area contributed by atoms with Gasteiger partial charge in [-0.25, -0.2) is 0 Å². The zero-order chi connectivity index (χ0) is 11.9. The largest absolute Gasteiger partial charge is 0.308 e. The Bertz CT molecular complexity index is 342. The molecule has 0 saturated carbocycles. The van der Waals surface area contributed by atoms with E-state index >= 15 is 0 Å². The highest BCUT2D eigenvalue weighted by atomic mass is 35.5. The lowest BCUT2D eigenvalue weighted by Crippen LogP contribution is -2.30. The smallest absolute Gasteiger partial charge is 0.148 e. The van der Waals surface area contributed by atoms with Gasteiger partial charge in [-0.15, -0.1) is 21.8 Å². The molecular formula is C11H20ClN3. The summed E-state index contributed by atoms with van der Waals surface area (Å²) in [5.74, 6) is 2.24. The molecule has 0 aromatic carbocycles. The van der Waals surface area contributed by atoms with E-state index < -0.39 is 0 Å². The quantitative estimate of drug-likeness (QED) is 0.693. The third-order valence-electron chi connectivity index (χ3n) is 2.19. The van der Waals surface area contributed by atoms with Crippen molar-refractivity contribution in [1.82, 2.24) is 14.8 Å². The van der Waals surface area contributed by atoms with Gasteiger partial charge in [0.2, 0.25) is 0 Å². The molecular weight excluding hydrogens is 210 g/mol. The van der Waals surface area contributed by atoms with Gasteiger partial charge >= 0.3 is 0 Å². The molecule has 0 atom stereocenters. The molecule has 15 heavy (non-hydrogen) atoms. The van der Waals surface area contributed by atoms with E-state index in [0.29, 0.717) is 5.88 Å². The van der Waals surface area contributed by atoms with Crippen molar-refractivity contribution in [3.8, 4) is 0 Å². The Kier molecular flexibility index (Phi) is 3.15. The predicted molar refractivity (Wildman–Crippen MR) is 63.3 cm³/mol. The average Bonchev–Trinajstić information content (AvgIpc) is 2.44.